The average Bonchev–Trinajstić information content (AvgIpc) is 3.38. The van der Waals surface area contributed by atoms with Crippen LogP contribution in [-0.2, 0) is 14.3 Å². The molecule has 112 valence electrons. The molecule has 1 saturated heterocycles. The summed E-state index contributed by atoms with van der Waals surface area (Å²) in [6.45, 7) is 1.75. The Morgan fingerprint density at radius 1 is 1.24 bits per heavy atom. The Balaban J connectivity index is 1.52. The Kier molecular flexibility index (Phi) is 4.20. The molecule has 1 aromatic carbocycles. The first-order valence-corrected chi connectivity index (χ1v) is 7.46. The Morgan fingerprint density at radius 2 is 2.00 bits per heavy atom. The molecule has 2 aliphatic rings. The van der Waals surface area contributed by atoms with E-state index in [1.807, 2.05) is 30.3 Å². The molecule has 1 saturated carbocycles. The minimum atomic E-state index is -0.0805. The van der Waals surface area contributed by atoms with Crippen LogP contribution in [0, 0.1) is 5.92 Å². The van der Waals surface area contributed by atoms with Gasteiger partial charge in [0, 0.05) is 12.5 Å². The Bertz CT molecular complexity index is 514. The maximum atomic E-state index is 12.2. The smallest absolute Gasteiger partial charge is 0.242 e. The van der Waals surface area contributed by atoms with Gasteiger partial charge in [-0.3, -0.25) is 9.59 Å². The molecular formula is C16H20N2O3. The summed E-state index contributed by atoms with van der Waals surface area (Å²) in [6, 6.07) is 9.91. The molecule has 1 atom stereocenters. The lowest BCUT2D eigenvalue weighted by Gasteiger charge is -2.33. The van der Waals surface area contributed by atoms with Gasteiger partial charge < -0.3 is 15.0 Å². The summed E-state index contributed by atoms with van der Waals surface area (Å²) in [5, 5.41) is 2.73. The fraction of sp³-hybridized carbons (Fsp3) is 0.500. The molecule has 1 aliphatic heterocycles. The van der Waals surface area contributed by atoms with Crippen LogP contribution in [0.25, 0.3) is 0 Å². The Hall–Kier alpha value is -1.88. The Morgan fingerprint density at radius 3 is 2.71 bits per heavy atom. The molecule has 3 rings (SSSR count). The third-order valence-corrected chi connectivity index (χ3v) is 3.95. The molecular weight excluding hydrogens is 268 g/mol. The summed E-state index contributed by atoms with van der Waals surface area (Å²) in [7, 11) is 0. The zero-order valence-electron chi connectivity index (χ0n) is 12.0. The van der Waals surface area contributed by atoms with Gasteiger partial charge in [0.25, 0.3) is 0 Å². The molecule has 1 heterocycles. The van der Waals surface area contributed by atoms with Crippen LogP contribution in [0.3, 0.4) is 0 Å². The summed E-state index contributed by atoms with van der Waals surface area (Å²) in [5.74, 6) is 0.115. The Labute approximate surface area is 124 Å². The topological polar surface area (TPSA) is 58.6 Å². The van der Waals surface area contributed by atoms with E-state index in [1.54, 1.807) is 4.90 Å². The predicted molar refractivity (Wildman–Crippen MR) is 77.4 cm³/mol. The van der Waals surface area contributed by atoms with Crippen molar-refractivity contribution >= 4 is 11.8 Å². The second-order valence-electron chi connectivity index (χ2n) is 5.60. The van der Waals surface area contributed by atoms with E-state index in [-0.39, 0.29) is 30.4 Å². The molecule has 5 nitrogen and oxygen atoms in total. The van der Waals surface area contributed by atoms with Gasteiger partial charge in [-0.15, -0.1) is 0 Å². The van der Waals surface area contributed by atoms with Crippen LogP contribution in [-0.4, -0.2) is 43.0 Å². The molecule has 0 aromatic heterocycles. The first-order valence-electron chi connectivity index (χ1n) is 7.46. The minimum absolute atomic E-state index is 0.0104. The molecule has 1 N–H and O–H groups in total. The quantitative estimate of drug-likeness (QED) is 0.903. The van der Waals surface area contributed by atoms with Crippen molar-refractivity contribution in [2.24, 2.45) is 5.92 Å². The maximum Gasteiger partial charge on any atom is 0.242 e. The molecule has 0 spiro atoms. The number of hydrogen-bond acceptors (Lipinski definition) is 3. The average molecular weight is 288 g/mol. The first-order chi connectivity index (χ1) is 10.2. The predicted octanol–water partition coefficient (Wildman–Crippen LogP) is 1.11. The molecule has 2 fully saturated rings. The van der Waals surface area contributed by atoms with Crippen LogP contribution in [0.1, 0.15) is 24.5 Å². The van der Waals surface area contributed by atoms with Crippen LogP contribution >= 0.6 is 0 Å². The molecule has 1 unspecified atom stereocenters. The van der Waals surface area contributed by atoms with Gasteiger partial charge in [0.15, 0.2) is 0 Å². The van der Waals surface area contributed by atoms with Crippen molar-refractivity contribution in [2.75, 3.05) is 26.2 Å². The SMILES string of the molecule is O=C(NCC(=O)N1CCOC(c2ccccc2)C1)C1CC1. The van der Waals surface area contributed by atoms with Gasteiger partial charge in [0.1, 0.15) is 6.10 Å². The summed E-state index contributed by atoms with van der Waals surface area (Å²) in [6.07, 6.45) is 1.82. The molecule has 2 amide bonds. The van der Waals surface area contributed by atoms with E-state index < -0.39 is 0 Å². The second kappa shape index (κ2) is 6.26. The van der Waals surface area contributed by atoms with E-state index >= 15 is 0 Å². The highest BCUT2D eigenvalue weighted by Gasteiger charge is 2.30. The van der Waals surface area contributed by atoms with Crippen molar-refractivity contribution < 1.29 is 14.3 Å². The molecule has 0 bridgehead atoms. The van der Waals surface area contributed by atoms with E-state index in [0.29, 0.717) is 19.7 Å². The fourth-order valence-corrected chi connectivity index (χ4v) is 2.51. The van der Waals surface area contributed by atoms with Crippen molar-refractivity contribution in [2.45, 2.75) is 18.9 Å². The van der Waals surface area contributed by atoms with Crippen LogP contribution in [0.5, 0.6) is 0 Å². The summed E-state index contributed by atoms with van der Waals surface area (Å²) in [5.41, 5.74) is 1.08. The highest BCUT2D eigenvalue weighted by molar-refractivity contribution is 5.87. The molecule has 1 aliphatic carbocycles. The zero-order chi connectivity index (χ0) is 14.7. The molecule has 5 heteroatoms. The van der Waals surface area contributed by atoms with Crippen molar-refractivity contribution in [3.05, 3.63) is 35.9 Å². The van der Waals surface area contributed by atoms with Crippen LogP contribution < -0.4 is 5.32 Å². The van der Waals surface area contributed by atoms with Crippen molar-refractivity contribution in [1.29, 1.82) is 0 Å². The van der Waals surface area contributed by atoms with Gasteiger partial charge in [-0.25, -0.2) is 0 Å². The fourth-order valence-electron chi connectivity index (χ4n) is 2.51. The van der Waals surface area contributed by atoms with Gasteiger partial charge in [-0.05, 0) is 18.4 Å². The van der Waals surface area contributed by atoms with Gasteiger partial charge in [0.05, 0.1) is 19.7 Å². The maximum absolute atomic E-state index is 12.2. The highest BCUT2D eigenvalue weighted by Crippen LogP contribution is 2.28. The lowest BCUT2D eigenvalue weighted by atomic mass is 10.1. The molecule has 0 radical (unpaired) electrons. The number of nitrogens with one attached hydrogen (secondary N) is 1. The van der Waals surface area contributed by atoms with E-state index in [1.165, 1.54) is 0 Å². The van der Waals surface area contributed by atoms with E-state index in [4.69, 9.17) is 4.74 Å². The monoisotopic (exact) mass is 288 g/mol. The number of morpholine rings is 1. The lowest BCUT2D eigenvalue weighted by Crippen LogP contribution is -2.46. The van der Waals surface area contributed by atoms with Crippen LogP contribution in [0.2, 0.25) is 0 Å². The minimum Gasteiger partial charge on any atom is -0.370 e. The number of hydrogen-bond donors (Lipinski definition) is 1. The molecule has 1 aromatic rings. The first kappa shape index (κ1) is 14.1. The van der Waals surface area contributed by atoms with Gasteiger partial charge in [-0.2, -0.15) is 0 Å². The number of rotatable bonds is 4. The van der Waals surface area contributed by atoms with Crippen molar-refractivity contribution in [1.82, 2.24) is 10.2 Å². The van der Waals surface area contributed by atoms with Gasteiger partial charge >= 0.3 is 0 Å². The third kappa shape index (κ3) is 3.61. The van der Waals surface area contributed by atoms with E-state index in [9.17, 15) is 9.59 Å². The summed E-state index contributed by atoms with van der Waals surface area (Å²) >= 11 is 0. The zero-order valence-corrected chi connectivity index (χ0v) is 12.0. The number of carbonyl (C=O) groups excluding carboxylic acids is 2. The van der Waals surface area contributed by atoms with E-state index in [0.717, 1.165) is 18.4 Å². The normalized spacial score (nSPS) is 21.9. The third-order valence-electron chi connectivity index (χ3n) is 3.95. The van der Waals surface area contributed by atoms with Crippen molar-refractivity contribution in [3.8, 4) is 0 Å². The van der Waals surface area contributed by atoms with Crippen LogP contribution in [0.15, 0.2) is 30.3 Å². The number of carbonyl (C=O) groups is 2. The highest BCUT2D eigenvalue weighted by atomic mass is 16.5. The number of benzene rings is 1. The van der Waals surface area contributed by atoms with Gasteiger partial charge in [-0.1, -0.05) is 30.3 Å². The van der Waals surface area contributed by atoms with Gasteiger partial charge in [0.2, 0.25) is 11.8 Å². The standard InChI is InChI=1S/C16H20N2O3/c19-15(10-17-16(20)13-6-7-13)18-8-9-21-14(11-18)12-4-2-1-3-5-12/h1-5,13-14H,6-11H2,(H,17,20). The van der Waals surface area contributed by atoms with Crippen LogP contribution in [0.4, 0.5) is 0 Å². The van der Waals surface area contributed by atoms with Crippen molar-refractivity contribution in [3.63, 3.8) is 0 Å². The number of nitrogens with zero attached hydrogens (tertiary/aromatic N) is 1. The van der Waals surface area contributed by atoms with E-state index in [2.05, 4.69) is 5.32 Å². The second-order valence-corrected chi connectivity index (χ2v) is 5.60. The lowest BCUT2D eigenvalue weighted by molar-refractivity contribution is -0.139. The number of ether oxygens (including phenoxy) is 1. The summed E-state index contributed by atoms with van der Waals surface area (Å²) in [4.78, 5) is 25.5. The largest absolute Gasteiger partial charge is 0.370 e. The molecule has 21 heavy (non-hydrogen) atoms. The number of amides is 2. The summed E-state index contributed by atoms with van der Waals surface area (Å²) < 4.78 is 5.74.